The number of fused-ring (bicyclic) bond motifs is 1. The molecule has 0 saturated heterocycles. The van der Waals surface area contributed by atoms with E-state index in [9.17, 15) is 4.39 Å². The van der Waals surface area contributed by atoms with Crippen LogP contribution in [-0.2, 0) is 6.54 Å². The second-order valence-corrected chi connectivity index (χ2v) is 4.64. The van der Waals surface area contributed by atoms with E-state index in [1.54, 1.807) is 12.1 Å². The summed E-state index contributed by atoms with van der Waals surface area (Å²) in [6.07, 6.45) is 0. The number of para-hydroxylation sites is 1. The molecule has 106 valence electrons. The van der Waals surface area contributed by atoms with Gasteiger partial charge in [0.15, 0.2) is 0 Å². The molecule has 2 N–H and O–H groups in total. The van der Waals surface area contributed by atoms with Crippen LogP contribution in [0.15, 0.2) is 48.5 Å². The van der Waals surface area contributed by atoms with Crippen LogP contribution in [0, 0.1) is 5.82 Å². The quantitative estimate of drug-likeness (QED) is 0.770. The highest BCUT2D eigenvalue weighted by molar-refractivity contribution is 5.89. The summed E-state index contributed by atoms with van der Waals surface area (Å²) in [5, 5.41) is 7.22. The molecular weight excluding hydrogens is 267 g/mol. The fourth-order valence-corrected chi connectivity index (χ4v) is 2.13. The zero-order valence-corrected chi connectivity index (χ0v) is 11.6. The number of rotatable bonds is 4. The number of nitrogens with zero attached hydrogens (tertiary/aromatic N) is 2. The van der Waals surface area contributed by atoms with Crippen molar-refractivity contribution in [3.8, 4) is 0 Å². The molecule has 21 heavy (non-hydrogen) atoms. The third-order valence-corrected chi connectivity index (χ3v) is 3.20. The van der Waals surface area contributed by atoms with Crippen LogP contribution < -0.4 is 10.6 Å². The Bertz CT molecular complexity index is 756. The lowest BCUT2D eigenvalue weighted by Crippen LogP contribution is -2.06. The van der Waals surface area contributed by atoms with E-state index in [1.165, 1.54) is 12.1 Å². The van der Waals surface area contributed by atoms with Crippen LogP contribution in [0.25, 0.3) is 10.9 Å². The Kier molecular flexibility index (Phi) is 3.64. The highest BCUT2D eigenvalue weighted by Gasteiger charge is 2.05. The maximum atomic E-state index is 12.9. The predicted octanol–water partition coefficient (Wildman–Crippen LogP) is 3.42. The van der Waals surface area contributed by atoms with Gasteiger partial charge >= 0.3 is 0 Å². The highest BCUT2D eigenvalue weighted by atomic mass is 19.1. The van der Waals surface area contributed by atoms with Crippen molar-refractivity contribution in [2.75, 3.05) is 17.7 Å². The van der Waals surface area contributed by atoms with Gasteiger partial charge in [0.05, 0.1) is 5.52 Å². The third-order valence-electron chi connectivity index (χ3n) is 3.20. The van der Waals surface area contributed by atoms with E-state index in [-0.39, 0.29) is 5.82 Å². The molecule has 0 amide bonds. The Morgan fingerprint density at radius 3 is 2.52 bits per heavy atom. The Morgan fingerprint density at radius 1 is 1.00 bits per heavy atom. The van der Waals surface area contributed by atoms with Gasteiger partial charge in [0.1, 0.15) is 11.6 Å². The van der Waals surface area contributed by atoms with Crippen molar-refractivity contribution in [2.24, 2.45) is 0 Å². The van der Waals surface area contributed by atoms with E-state index in [2.05, 4.69) is 20.6 Å². The van der Waals surface area contributed by atoms with Crippen LogP contribution >= 0.6 is 0 Å². The summed E-state index contributed by atoms with van der Waals surface area (Å²) in [5.41, 5.74) is 1.85. The maximum Gasteiger partial charge on any atom is 0.225 e. The van der Waals surface area contributed by atoms with Crippen LogP contribution in [0.3, 0.4) is 0 Å². The van der Waals surface area contributed by atoms with Gasteiger partial charge in [0, 0.05) is 19.0 Å². The minimum absolute atomic E-state index is 0.238. The molecular formula is C16H15FN4. The van der Waals surface area contributed by atoms with Gasteiger partial charge in [-0.25, -0.2) is 9.37 Å². The molecule has 1 heterocycles. The molecule has 0 aliphatic rings. The van der Waals surface area contributed by atoms with E-state index in [4.69, 9.17) is 0 Å². The fourth-order valence-electron chi connectivity index (χ4n) is 2.13. The molecule has 4 nitrogen and oxygen atoms in total. The van der Waals surface area contributed by atoms with Crippen molar-refractivity contribution < 1.29 is 4.39 Å². The lowest BCUT2D eigenvalue weighted by molar-refractivity contribution is 0.627. The molecule has 0 bridgehead atoms. The SMILES string of the molecule is CNc1nc(NCc2ccc(F)cc2)nc2ccccc12. The van der Waals surface area contributed by atoms with Crippen LogP contribution in [-0.4, -0.2) is 17.0 Å². The van der Waals surface area contributed by atoms with Crippen molar-refractivity contribution in [3.05, 3.63) is 59.9 Å². The summed E-state index contributed by atoms with van der Waals surface area (Å²) < 4.78 is 12.9. The van der Waals surface area contributed by atoms with Crippen LogP contribution in [0.2, 0.25) is 0 Å². The Morgan fingerprint density at radius 2 is 1.76 bits per heavy atom. The van der Waals surface area contributed by atoms with Crippen molar-refractivity contribution in [1.82, 2.24) is 9.97 Å². The first-order chi connectivity index (χ1) is 10.3. The molecule has 0 spiro atoms. The Balaban J connectivity index is 1.85. The van der Waals surface area contributed by atoms with E-state index in [0.29, 0.717) is 12.5 Å². The van der Waals surface area contributed by atoms with Crippen LogP contribution in [0.4, 0.5) is 16.2 Å². The topological polar surface area (TPSA) is 49.8 Å². The molecule has 0 atom stereocenters. The molecule has 5 heteroatoms. The van der Waals surface area contributed by atoms with Crippen LogP contribution in [0.1, 0.15) is 5.56 Å². The zero-order valence-electron chi connectivity index (χ0n) is 11.6. The fraction of sp³-hybridized carbons (Fsp3) is 0.125. The molecule has 0 aliphatic carbocycles. The standard InChI is InChI=1S/C16H15FN4/c1-18-15-13-4-2-3-5-14(13)20-16(21-15)19-10-11-6-8-12(17)9-7-11/h2-9H,10H2,1H3,(H2,18,19,20,21). The minimum Gasteiger partial charge on any atom is -0.372 e. The molecule has 0 fully saturated rings. The average molecular weight is 282 g/mol. The smallest absolute Gasteiger partial charge is 0.225 e. The van der Waals surface area contributed by atoms with Crippen molar-refractivity contribution in [1.29, 1.82) is 0 Å². The largest absolute Gasteiger partial charge is 0.372 e. The van der Waals surface area contributed by atoms with Crippen molar-refractivity contribution >= 4 is 22.7 Å². The number of hydrogen-bond donors (Lipinski definition) is 2. The second-order valence-electron chi connectivity index (χ2n) is 4.64. The first kappa shape index (κ1) is 13.3. The molecule has 3 rings (SSSR count). The summed E-state index contributed by atoms with van der Waals surface area (Å²) in [4.78, 5) is 8.92. The number of benzene rings is 2. The summed E-state index contributed by atoms with van der Waals surface area (Å²) in [7, 11) is 1.83. The Labute approximate surface area is 122 Å². The van der Waals surface area contributed by atoms with E-state index >= 15 is 0 Å². The van der Waals surface area contributed by atoms with Gasteiger partial charge in [-0.15, -0.1) is 0 Å². The summed E-state index contributed by atoms with van der Waals surface area (Å²) in [5.74, 6) is 1.09. The lowest BCUT2D eigenvalue weighted by atomic mass is 10.2. The zero-order chi connectivity index (χ0) is 14.7. The van der Waals surface area contributed by atoms with Crippen molar-refractivity contribution in [2.45, 2.75) is 6.54 Å². The van der Waals surface area contributed by atoms with Gasteiger partial charge in [-0.3, -0.25) is 0 Å². The van der Waals surface area contributed by atoms with Gasteiger partial charge in [-0.05, 0) is 29.8 Å². The number of anilines is 2. The first-order valence-corrected chi connectivity index (χ1v) is 6.69. The number of halogens is 1. The highest BCUT2D eigenvalue weighted by Crippen LogP contribution is 2.21. The maximum absolute atomic E-state index is 12.9. The molecule has 0 aliphatic heterocycles. The molecule has 0 saturated carbocycles. The van der Waals surface area contributed by atoms with Gasteiger partial charge in [0.25, 0.3) is 0 Å². The van der Waals surface area contributed by atoms with Gasteiger partial charge < -0.3 is 10.6 Å². The third kappa shape index (κ3) is 2.91. The van der Waals surface area contributed by atoms with E-state index in [1.807, 2.05) is 31.3 Å². The average Bonchev–Trinajstić information content (AvgIpc) is 2.53. The first-order valence-electron chi connectivity index (χ1n) is 6.69. The lowest BCUT2D eigenvalue weighted by Gasteiger charge is -2.09. The number of aromatic nitrogens is 2. The number of nitrogens with one attached hydrogen (secondary N) is 2. The van der Waals surface area contributed by atoms with E-state index in [0.717, 1.165) is 22.3 Å². The number of hydrogen-bond acceptors (Lipinski definition) is 4. The monoisotopic (exact) mass is 282 g/mol. The normalized spacial score (nSPS) is 10.6. The summed E-state index contributed by atoms with van der Waals surface area (Å²) >= 11 is 0. The molecule has 2 aromatic carbocycles. The molecule has 1 aromatic heterocycles. The van der Waals surface area contributed by atoms with Gasteiger partial charge in [0.2, 0.25) is 5.95 Å². The van der Waals surface area contributed by atoms with Crippen LogP contribution in [0.5, 0.6) is 0 Å². The second kappa shape index (κ2) is 5.75. The summed E-state index contributed by atoms with van der Waals surface area (Å²) in [6, 6.07) is 14.2. The van der Waals surface area contributed by atoms with E-state index < -0.39 is 0 Å². The summed E-state index contributed by atoms with van der Waals surface area (Å²) in [6.45, 7) is 0.543. The van der Waals surface area contributed by atoms with Gasteiger partial charge in [-0.1, -0.05) is 24.3 Å². The minimum atomic E-state index is -0.238. The Hall–Kier alpha value is -2.69. The van der Waals surface area contributed by atoms with Gasteiger partial charge in [-0.2, -0.15) is 4.98 Å². The molecule has 0 radical (unpaired) electrons. The predicted molar refractivity (Wildman–Crippen MR) is 82.8 cm³/mol. The molecule has 0 unspecified atom stereocenters. The van der Waals surface area contributed by atoms with Crippen molar-refractivity contribution in [3.63, 3.8) is 0 Å². The molecule has 3 aromatic rings.